The molecule has 8 nitrogen and oxygen atoms in total. The second-order valence-corrected chi connectivity index (χ2v) is 5.25. The van der Waals surface area contributed by atoms with Gasteiger partial charge >= 0.3 is 0 Å². The topological polar surface area (TPSA) is 106 Å². The van der Waals surface area contributed by atoms with Crippen molar-refractivity contribution in [2.24, 2.45) is 7.05 Å². The number of aromatic amines is 1. The maximum absolute atomic E-state index is 11.9. The summed E-state index contributed by atoms with van der Waals surface area (Å²) in [7, 11) is -1.86. The summed E-state index contributed by atoms with van der Waals surface area (Å²) >= 11 is 0. The molecule has 2 aromatic rings. The van der Waals surface area contributed by atoms with Gasteiger partial charge in [0.25, 0.3) is 10.0 Å². The van der Waals surface area contributed by atoms with Crippen LogP contribution in [0.3, 0.4) is 0 Å². The Bertz CT molecular complexity index is 587. The number of aromatic nitrogens is 5. The maximum Gasteiger partial charge on any atom is 0.258 e. The van der Waals surface area contributed by atoms with Crippen LogP contribution in [0.5, 0.6) is 0 Å². The molecular formula is C8H12N6O2S. The van der Waals surface area contributed by atoms with Crippen molar-refractivity contribution in [3.8, 4) is 0 Å². The van der Waals surface area contributed by atoms with E-state index >= 15 is 0 Å². The van der Waals surface area contributed by atoms with Gasteiger partial charge in [0.15, 0.2) is 5.03 Å². The van der Waals surface area contributed by atoms with E-state index in [9.17, 15) is 8.42 Å². The van der Waals surface area contributed by atoms with Crippen LogP contribution >= 0.6 is 0 Å². The molecule has 0 spiro atoms. The second-order valence-electron chi connectivity index (χ2n) is 3.56. The number of rotatable bonds is 4. The molecule has 0 aliphatic heterocycles. The third-order valence-corrected chi connectivity index (χ3v) is 3.70. The van der Waals surface area contributed by atoms with Gasteiger partial charge in [-0.05, 0) is 13.0 Å². The van der Waals surface area contributed by atoms with Crippen molar-refractivity contribution >= 4 is 10.0 Å². The molecule has 0 aliphatic rings. The first-order chi connectivity index (χ1) is 8.00. The molecule has 0 radical (unpaired) electrons. The van der Waals surface area contributed by atoms with Crippen LogP contribution < -0.4 is 4.72 Å². The maximum atomic E-state index is 11.9. The third kappa shape index (κ3) is 2.34. The monoisotopic (exact) mass is 256 g/mol. The number of nitrogens with zero attached hydrogens (tertiary/aromatic N) is 4. The first-order valence-electron chi connectivity index (χ1n) is 4.86. The fourth-order valence-electron chi connectivity index (χ4n) is 1.43. The Balaban J connectivity index is 2.20. The molecule has 2 rings (SSSR count). The Hall–Kier alpha value is -1.74. The van der Waals surface area contributed by atoms with E-state index in [4.69, 9.17) is 0 Å². The molecular weight excluding hydrogens is 244 g/mol. The minimum Gasteiger partial charge on any atom is -0.319 e. The molecule has 1 unspecified atom stereocenters. The van der Waals surface area contributed by atoms with E-state index in [0.717, 1.165) is 0 Å². The van der Waals surface area contributed by atoms with Crippen molar-refractivity contribution in [1.82, 2.24) is 29.7 Å². The smallest absolute Gasteiger partial charge is 0.258 e. The molecule has 2 N–H and O–H groups in total. The lowest BCUT2D eigenvalue weighted by Gasteiger charge is -2.12. The molecule has 1 atom stereocenters. The van der Waals surface area contributed by atoms with E-state index in [2.05, 4.69) is 25.1 Å². The first-order valence-corrected chi connectivity index (χ1v) is 6.34. The van der Waals surface area contributed by atoms with Crippen molar-refractivity contribution in [2.45, 2.75) is 18.0 Å². The van der Waals surface area contributed by atoms with E-state index in [1.807, 2.05) is 0 Å². The zero-order valence-electron chi connectivity index (χ0n) is 9.32. The van der Waals surface area contributed by atoms with Gasteiger partial charge in [-0.15, -0.1) is 10.2 Å². The van der Waals surface area contributed by atoms with E-state index in [-0.39, 0.29) is 5.03 Å². The standard InChI is InChI=1S/C8H12N6O2S/c1-6(8-12-10-5-14(8)2)13-17(15,16)7-3-4-9-11-7/h3-6,13H,1-2H3,(H,9,11). The Morgan fingerprint density at radius 1 is 1.53 bits per heavy atom. The lowest BCUT2D eigenvalue weighted by molar-refractivity contribution is 0.549. The molecule has 0 saturated heterocycles. The number of aryl methyl sites for hydroxylation is 1. The fraction of sp³-hybridized carbons (Fsp3) is 0.375. The molecule has 92 valence electrons. The second kappa shape index (κ2) is 4.26. The summed E-state index contributed by atoms with van der Waals surface area (Å²) in [5.41, 5.74) is 0. The number of H-pyrrole nitrogens is 1. The Kier molecular flexibility index (Phi) is 2.94. The van der Waals surface area contributed by atoms with E-state index in [1.54, 1.807) is 18.5 Å². The highest BCUT2D eigenvalue weighted by molar-refractivity contribution is 7.89. The predicted molar refractivity (Wildman–Crippen MR) is 58.3 cm³/mol. The van der Waals surface area contributed by atoms with Crippen LogP contribution in [0.2, 0.25) is 0 Å². The molecule has 0 aromatic carbocycles. The summed E-state index contributed by atoms with van der Waals surface area (Å²) in [6.07, 6.45) is 2.89. The number of hydrogen-bond donors (Lipinski definition) is 2. The van der Waals surface area contributed by atoms with E-state index < -0.39 is 16.1 Å². The molecule has 0 bridgehead atoms. The summed E-state index contributed by atoms with van der Waals surface area (Å²) in [5, 5.41) is 13.6. The predicted octanol–water partition coefficient (Wildman–Crippen LogP) is -0.422. The molecule has 0 aliphatic carbocycles. The summed E-state index contributed by atoms with van der Waals surface area (Å²) in [4.78, 5) is 0. The van der Waals surface area contributed by atoms with Crippen molar-refractivity contribution in [3.63, 3.8) is 0 Å². The first kappa shape index (κ1) is 11.7. The molecule has 17 heavy (non-hydrogen) atoms. The van der Waals surface area contributed by atoms with Crippen LogP contribution in [0, 0.1) is 0 Å². The van der Waals surface area contributed by atoms with Crippen molar-refractivity contribution in [3.05, 3.63) is 24.4 Å². The van der Waals surface area contributed by atoms with Crippen LogP contribution in [0.1, 0.15) is 18.8 Å². The molecule has 9 heteroatoms. The lowest BCUT2D eigenvalue weighted by atomic mass is 10.3. The zero-order chi connectivity index (χ0) is 12.5. The minimum absolute atomic E-state index is 0.0199. The van der Waals surface area contributed by atoms with Crippen molar-refractivity contribution in [2.75, 3.05) is 0 Å². The summed E-state index contributed by atoms with van der Waals surface area (Å²) < 4.78 is 27.9. The molecule has 2 aromatic heterocycles. The van der Waals surface area contributed by atoms with Gasteiger partial charge in [0.05, 0.1) is 12.2 Å². The highest BCUT2D eigenvalue weighted by Crippen LogP contribution is 2.12. The van der Waals surface area contributed by atoms with Crippen LogP contribution in [0.15, 0.2) is 23.6 Å². The van der Waals surface area contributed by atoms with E-state index in [1.165, 1.54) is 18.6 Å². The Morgan fingerprint density at radius 2 is 2.29 bits per heavy atom. The summed E-state index contributed by atoms with van der Waals surface area (Å²) in [5.74, 6) is 0.535. The van der Waals surface area contributed by atoms with Gasteiger partial charge in [-0.25, -0.2) is 8.42 Å². The van der Waals surface area contributed by atoms with Gasteiger partial charge in [-0.1, -0.05) is 0 Å². The van der Waals surface area contributed by atoms with Gasteiger partial charge in [0.1, 0.15) is 12.2 Å². The van der Waals surface area contributed by atoms with Gasteiger partial charge in [0, 0.05) is 7.05 Å². The molecule has 0 saturated carbocycles. The highest BCUT2D eigenvalue weighted by atomic mass is 32.2. The summed E-state index contributed by atoms with van der Waals surface area (Å²) in [6, 6.07) is 0.905. The Morgan fingerprint density at radius 3 is 2.82 bits per heavy atom. The average molecular weight is 256 g/mol. The van der Waals surface area contributed by atoms with Gasteiger partial charge < -0.3 is 4.57 Å². The largest absolute Gasteiger partial charge is 0.319 e. The Labute approximate surface area is 98.1 Å². The minimum atomic E-state index is -3.61. The molecule has 2 heterocycles. The molecule has 0 fully saturated rings. The highest BCUT2D eigenvalue weighted by Gasteiger charge is 2.21. The van der Waals surface area contributed by atoms with Gasteiger partial charge in [-0.2, -0.15) is 9.82 Å². The summed E-state index contributed by atoms with van der Waals surface area (Å²) in [6.45, 7) is 1.69. The average Bonchev–Trinajstić information content (AvgIpc) is 2.85. The van der Waals surface area contributed by atoms with Crippen LogP contribution in [-0.4, -0.2) is 33.4 Å². The third-order valence-electron chi connectivity index (χ3n) is 2.23. The quantitative estimate of drug-likeness (QED) is 0.772. The van der Waals surface area contributed by atoms with Crippen LogP contribution in [0.25, 0.3) is 0 Å². The lowest BCUT2D eigenvalue weighted by Crippen LogP contribution is -2.28. The van der Waals surface area contributed by atoms with Crippen molar-refractivity contribution < 1.29 is 8.42 Å². The molecule has 0 amide bonds. The number of sulfonamides is 1. The van der Waals surface area contributed by atoms with Crippen LogP contribution in [0.4, 0.5) is 0 Å². The van der Waals surface area contributed by atoms with Gasteiger partial charge in [-0.3, -0.25) is 5.10 Å². The fourth-order valence-corrected chi connectivity index (χ4v) is 2.54. The van der Waals surface area contributed by atoms with E-state index in [0.29, 0.717) is 5.82 Å². The SMILES string of the molecule is CC(NS(=O)(=O)c1ccn[nH]1)c1nncn1C. The normalized spacial score (nSPS) is 13.8. The van der Waals surface area contributed by atoms with Crippen LogP contribution in [-0.2, 0) is 17.1 Å². The number of nitrogens with one attached hydrogen (secondary N) is 2. The zero-order valence-corrected chi connectivity index (χ0v) is 10.1. The van der Waals surface area contributed by atoms with Crippen molar-refractivity contribution in [1.29, 1.82) is 0 Å². The van der Waals surface area contributed by atoms with Gasteiger partial charge in [0.2, 0.25) is 0 Å². The number of hydrogen-bond acceptors (Lipinski definition) is 5.